The molecule has 0 spiro atoms. The number of rotatable bonds is 3. The lowest BCUT2D eigenvalue weighted by atomic mass is 10.1. The van der Waals surface area contributed by atoms with E-state index in [9.17, 15) is 4.79 Å². The average Bonchev–Trinajstić information content (AvgIpc) is 2.46. The van der Waals surface area contributed by atoms with Gasteiger partial charge in [-0.2, -0.15) is 0 Å². The number of piperidine rings is 1. The van der Waals surface area contributed by atoms with Crippen molar-refractivity contribution in [3.63, 3.8) is 0 Å². The van der Waals surface area contributed by atoms with Gasteiger partial charge in [0, 0.05) is 24.9 Å². The fraction of sp³-hybridized carbons (Fsp3) is 0.400. The van der Waals surface area contributed by atoms with Gasteiger partial charge in [0.1, 0.15) is 0 Å². The van der Waals surface area contributed by atoms with Crippen LogP contribution in [-0.2, 0) is 9.53 Å². The van der Waals surface area contributed by atoms with Gasteiger partial charge in [0.25, 0.3) is 0 Å². The van der Waals surface area contributed by atoms with Gasteiger partial charge in [-0.1, -0.05) is 18.2 Å². The standard InChI is InChI=1S/C15H19NO2/c1-18-15(17)10-9-13-7-3-4-8-14(13)16-11-5-2-6-12-16/h3-4,7-10H,2,5-6,11-12H2,1H3/b10-9+. The average molecular weight is 245 g/mol. The third-order valence-electron chi connectivity index (χ3n) is 3.23. The number of hydrogen-bond acceptors (Lipinski definition) is 3. The van der Waals surface area contributed by atoms with Crippen LogP contribution in [0.5, 0.6) is 0 Å². The van der Waals surface area contributed by atoms with Crippen LogP contribution < -0.4 is 4.90 Å². The van der Waals surface area contributed by atoms with Crippen LogP contribution in [0, 0.1) is 0 Å². The van der Waals surface area contributed by atoms with E-state index < -0.39 is 0 Å². The van der Waals surface area contributed by atoms with Crippen molar-refractivity contribution in [2.24, 2.45) is 0 Å². The lowest BCUT2D eigenvalue weighted by Gasteiger charge is -2.30. The lowest BCUT2D eigenvalue weighted by molar-refractivity contribution is -0.134. The number of hydrogen-bond donors (Lipinski definition) is 0. The maximum absolute atomic E-state index is 11.2. The molecule has 96 valence electrons. The minimum absolute atomic E-state index is 0.316. The van der Waals surface area contributed by atoms with Gasteiger partial charge in [-0.3, -0.25) is 0 Å². The summed E-state index contributed by atoms with van der Waals surface area (Å²) in [4.78, 5) is 13.5. The van der Waals surface area contributed by atoms with Gasteiger partial charge in [0.05, 0.1) is 7.11 Å². The summed E-state index contributed by atoms with van der Waals surface area (Å²) >= 11 is 0. The molecule has 0 radical (unpaired) electrons. The Balaban J connectivity index is 2.19. The van der Waals surface area contributed by atoms with E-state index in [2.05, 4.69) is 15.7 Å². The number of benzene rings is 1. The monoisotopic (exact) mass is 245 g/mol. The van der Waals surface area contributed by atoms with Crippen molar-refractivity contribution in [1.82, 2.24) is 0 Å². The molecule has 1 fully saturated rings. The van der Waals surface area contributed by atoms with Crippen LogP contribution in [0.15, 0.2) is 30.3 Å². The van der Waals surface area contributed by atoms with Crippen LogP contribution in [0.2, 0.25) is 0 Å². The maximum atomic E-state index is 11.2. The van der Waals surface area contributed by atoms with Crippen LogP contribution in [0.1, 0.15) is 24.8 Å². The van der Waals surface area contributed by atoms with Crippen LogP contribution >= 0.6 is 0 Å². The summed E-state index contributed by atoms with van der Waals surface area (Å²) in [6.07, 6.45) is 7.11. The molecular weight excluding hydrogens is 226 g/mol. The Kier molecular flexibility index (Phi) is 4.40. The molecule has 3 heteroatoms. The maximum Gasteiger partial charge on any atom is 0.330 e. The van der Waals surface area contributed by atoms with Gasteiger partial charge in [-0.15, -0.1) is 0 Å². The van der Waals surface area contributed by atoms with Crippen molar-refractivity contribution in [1.29, 1.82) is 0 Å². The molecule has 3 nitrogen and oxygen atoms in total. The largest absolute Gasteiger partial charge is 0.466 e. The predicted molar refractivity (Wildman–Crippen MR) is 73.6 cm³/mol. The van der Waals surface area contributed by atoms with Crippen LogP contribution in [0.4, 0.5) is 5.69 Å². The third-order valence-corrected chi connectivity index (χ3v) is 3.23. The molecular formula is C15H19NO2. The van der Waals surface area contributed by atoms with Gasteiger partial charge in [-0.05, 0) is 37.0 Å². The molecule has 1 heterocycles. The van der Waals surface area contributed by atoms with Crippen molar-refractivity contribution < 1.29 is 9.53 Å². The summed E-state index contributed by atoms with van der Waals surface area (Å²) in [7, 11) is 1.39. The van der Waals surface area contributed by atoms with E-state index in [4.69, 9.17) is 0 Å². The fourth-order valence-corrected chi connectivity index (χ4v) is 2.28. The van der Waals surface area contributed by atoms with Gasteiger partial charge in [-0.25, -0.2) is 4.79 Å². The van der Waals surface area contributed by atoms with E-state index in [0.717, 1.165) is 18.7 Å². The summed E-state index contributed by atoms with van der Waals surface area (Å²) in [5.41, 5.74) is 2.28. The zero-order valence-electron chi connectivity index (χ0n) is 10.8. The Hall–Kier alpha value is -1.77. The lowest BCUT2D eigenvalue weighted by Crippen LogP contribution is -2.29. The number of esters is 1. The molecule has 0 bridgehead atoms. The van der Waals surface area contributed by atoms with E-state index in [1.54, 1.807) is 0 Å². The van der Waals surface area contributed by atoms with Crippen molar-refractivity contribution >= 4 is 17.7 Å². The third kappa shape index (κ3) is 3.13. The molecule has 1 aliphatic rings. The number of para-hydroxylation sites is 1. The highest BCUT2D eigenvalue weighted by molar-refractivity contribution is 5.88. The minimum atomic E-state index is -0.316. The molecule has 0 saturated carbocycles. The van der Waals surface area contributed by atoms with Crippen LogP contribution in [0.25, 0.3) is 6.08 Å². The highest BCUT2D eigenvalue weighted by Crippen LogP contribution is 2.24. The van der Waals surface area contributed by atoms with Crippen molar-refractivity contribution in [3.8, 4) is 0 Å². The highest BCUT2D eigenvalue weighted by atomic mass is 16.5. The predicted octanol–water partition coefficient (Wildman–Crippen LogP) is 2.86. The summed E-state index contributed by atoms with van der Waals surface area (Å²) in [6.45, 7) is 2.20. The molecule has 0 aliphatic carbocycles. The van der Waals surface area contributed by atoms with Crippen molar-refractivity contribution in [2.75, 3.05) is 25.1 Å². The number of methoxy groups -OCH3 is 1. The summed E-state index contributed by atoms with van der Waals surface area (Å²) in [5.74, 6) is -0.316. The van der Waals surface area contributed by atoms with E-state index in [0.29, 0.717) is 0 Å². The van der Waals surface area contributed by atoms with E-state index in [-0.39, 0.29) is 5.97 Å². The second-order valence-corrected chi connectivity index (χ2v) is 4.46. The first-order valence-electron chi connectivity index (χ1n) is 6.41. The Morgan fingerprint density at radius 3 is 2.67 bits per heavy atom. The number of carbonyl (C=O) groups is 1. The first-order valence-corrected chi connectivity index (χ1v) is 6.41. The first-order chi connectivity index (χ1) is 8.81. The molecule has 1 aromatic rings. The number of anilines is 1. The molecule has 0 amide bonds. The second kappa shape index (κ2) is 6.24. The van der Waals surface area contributed by atoms with Gasteiger partial charge >= 0.3 is 5.97 Å². The number of ether oxygens (including phenoxy) is 1. The van der Waals surface area contributed by atoms with Crippen molar-refractivity contribution in [2.45, 2.75) is 19.3 Å². The van der Waals surface area contributed by atoms with Gasteiger partial charge in [0.2, 0.25) is 0 Å². The number of carbonyl (C=O) groups excluding carboxylic acids is 1. The topological polar surface area (TPSA) is 29.5 Å². The van der Waals surface area contributed by atoms with E-state index in [1.165, 1.54) is 38.1 Å². The summed E-state index contributed by atoms with van der Waals surface area (Å²) < 4.78 is 4.62. The molecule has 1 saturated heterocycles. The van der Waals surface area contributed by atoms with E-state index in [1.807, 2.05) is 24.3 Å². The Bertz CT molecular complexity index is 434. The normalized spacial score (nSPS) is 15.9. The Labute approximate surface area is 108 Å². The second-order valence-electron chi connectivity index (χ2n) is 4.46. The fourth-order valence-electron chi connectivity index (χ4n) is 2.28. The zero-order chi connectivity index (χ0) is 12.8. The smallest absolute Gasteiger partial charge is 0.330 e. The van der Waals surface area contributed by atoms with Gasteiger partial charge < -0.3 is 9.64 Å². The van der Waals surface area contributed by atoms with Crippen LogP contribution in [-0.4, -0.2) is 26.2 Å². The quantitative estimate of drug-likeness (QED) is 0.606. The molecule has 1 aromatic carbocycles. The Morgan fingerprint density at radius 1 is 1.22 bits per heavy atom. The van der Waals surface area contributed by atoms with Gasteiger partial charge in [0.15, 0.2) is 0 Å². The summed E-state index contributed by atoms with van der Waals surface area (Å²) in [6, 6.07) is 8.18. The highest BCUT2D eigenvalue weighted by Gasteiger charge is 2.12. The number of nitrogens with zero attached hydrogens (tertiary/aromatic N) is 1. The summed E-state index contributed by atoms with van der Waals surface area (Å²) in [5, 5.41) is 0. The van der Waals surface area contributed by atoms with Crippen LogP contribution in [0.3, 0.4) is 0 Å². The van der Waals surface area contributed by atoms with Crippen molar-refractivity contribution in [3.05, 3.63) is 35.9 Å². The molecule has 2 rings (SSSR count). The zero-order valence-corrected chi connectivity index (χ0v) is 10.8. The Morgan fingerprint density at radius 2 is 1.94 bits per heavy atom. The molecule has 0 aromatic heterocycles. The first kappa shape index (κ1) is 12.7. The minimum Gasteiger partial charge on any atom is -0.466 e. The molecule has 0 unspecified atom stereocenters. The molecule has 18 heavy (non-hydrogen) atoms. The SMILES string of the molecule is COC(=O)/C=C/c1ccccc1N1CCCCC1. The molecule has 0 N–H and O–H groups in total. The molecule has 1 aliphatic heterocycles. The molecule has 0 atom stereocenters. The van der Waals surface area contributed by atoms with E-state index >= 15 is 0 Å².